The SMILES string of the molecule is Cl.N#Cc1ccc2c(c1)NC(=O)CO2.NCc1ccc2c(c1)N(c1c(N)c(=O)c1=O)CCO2.O=C1COc2ccc(Cl)cc2N1. The second-order valence-corrected chi connectivity index (χ2v) is 10.0. The number of nitrogens with two attached hydrogens (primary N) is 2. The van der Waals surface area contributed by atoms with E-state index in [1.807, 2.05) is 24.3 Å². The minimum Gasteiger partial charge on any atom is -0.490 e. The lowest BCUT2D eigenvalue weighted by atomic mass is 10.1. The van der Waals surface area contributed by atoms with E-state index in [2.05, 4.69) is 10.6 Å². The maximum absolute atomic E-state index is 11.6. The molecular formula is C30H26Cl2N6O7. The van der Waals surface area contributed by atoms with Gasteiger partial charge in [-0.15, -0.1) is 12.4 Å². The number of hydrogen-bond acceptors (Lipinski definition) is 11. The van der Waals surface area contributed by atoms with E-state index in [1.165, 1.54) is 0 Å². The summed E-state index contributed by atoms with van der Waals surface area (Å²) in [5, 5.41) is 14.5. The predicted molar refractivity (Wildman–Crippen MR) is 171 cm³/mol. The average Bonchev–Trinajstić information content (AvgIpc) is 3.04. The van der Waals surface area contributed by atoms with E-state index in [0.29, 0.717) is 58.9 Å². The third-order valence-corrected chi connectivity index (χ3v) is 6.86. The van der Waals surface area contributed by atoms with Crippen LogP contribution in [0.5, 0.6) is 17.2 Å². The molecule has 3 aliphatic rings. The van der Waals surface area contributed by atoms with Crippen LogP contribution in [-0.2, 0) is 16.1 Å². The Labute approximate surface area is 267 Å². The van der Waals surface area contributed by atoms with Crippen LogP contribution in [0, 0.1) is 11.3 Å². The zero-order chi connectivity index (χ0) is 31.4. The Kier molecular flexibility index (Phi) is 10.1. The summed E-state index contributed by atoms with van der Waals surface area (Å²) in [4.78, 5) is 46.4. The normalized spacial score (nSPS) is 13.8. The number of ether oxygens (including phenoxy) is 3. The van der Waals surface area contributed by atoms with Crippen LogP contribution >= 0.6 is 24.0 Å². The summed E-state index contributed by atoms with van der Waals surface area (Å²) in [5.41, 5.74) is 13.7. The molecule has 0 saturated carbocycles. The first-order valence-electron chi connectivity index (χ1n) is 13.2. The maximum atomic E-state index is 11.6. The van der Waals surface area contributed by atoms with Gasteiger partial charge in [0, 0.05) is 11.6 Å². The van der Waals surface area contributed by atoms with Gasteiger partial charge in [-0.2, -0.15) is 5.26 Å². The molecule has 13 nitrogen and oxygen atoms in total. The molecule has 3 aliphatic heterocycles. The van der Waals surface area contributed by atoms with Crippen molar-refractivity contribution in [1.29, 1.82) is 5.26 Å². The molecule has 0 radical (unpaired) electrons. The van der Waals surface area contributed by atoms with Gasteiger partial charge in [0.05, 0.1) is 35.2 Å². The molecule has 6 N–H and O–H groups in total. The monoisotopic (exact) mass is 652 g/mol. The fourth-order valence-electron chi connectivity index (χ4n) is 4.50. The first-order valence-corrected chi connectivity index (χ1v) is 13.6. The molecule has 4 aromatic rings. The third-order valence-electron chi connectivity index (χ3n) is 6.63. The number of benzene rings is 3. The average molecular weight is 653 g/mol. The van der Waals surface area contributed by atoms with Crippen molar-refractivity contribution < 1.29 is 23.8 Å². The van der Waals surface area contributed by atoms with E-state index in [-0.39, 0.29) is 48.8 Å². The molecule has 3 heterocycles. The molecule has 0 saturated heterocycles. The molecule has 0 bridgehead atoms. The van der Waals surface area contributed by atoms with Crippen LogP contribution < -0.4 is 52.1 Å². The Hall–Kier alpha value is -5.29. The van der Waals surface area contributed by atoms with Crippen LogP contribution in [0.4, 0.5) is 28.4 Å². The Balaban J connectivity index is 0.000000157. The van der Waals surface area contributed by atoms with Crippen molar-refractivity contribution in [3.8, 4) is 23.3 Å². The smallest absolute Gasteiger partial charge is 0.262 e. The van der Waals surface area contributed by atoms with Crippen molar-refractivity contribution in [2.24, 2.45) is 5.73 Å². The molecular weight excluding hydrogens is 627 g/mol. The lowest BCUT2D eigenvalue weighted by Gasteiger charge is -2.32. The second-order valence-electron chi connectivity index (χ2n) is 9.56. The molecule has 4 aromatic carbocycles. The molecule has 15 heteroatoms. The molecule has 0 aliphatic carbocycles. The van der Waals surface area contributed by atoms with Crippen LogP contribution in [0.25, 0.3) is 0 Å². The van der Waals surface area contributed by atoms with E-state index >= 15 is 0 Å². The summed E-state index contributed by atoms with van der Waals surface area (Å²) in [6, 6.07) is 17.5. The summed E-state index contributed by atoms with van der Waals surface area (Å²) in [6.07, 6.45) is 0. The minimum atomic E-state index is -0.613. The Morgan fingerprint density at radius 2 is 1.47 bits per heavy atom. The van der Waals surface area contributed by atoms with Gasteiger partial charge in [0.25, 0.3) is 22.7 Å². The fourth-order valence-corrected chi connectivity index (χ4v) is 4.67. The van der Waals surface area contributed by atoms with Crippen molar-refractivity contribution in [2.45, 2.75) is 6.54 Å². The number of fused-ring (bicyclic) bond motifs is 3. The van der Waals surface area contributed by atoms with Crippen LogP contribution in [0.3, 0.4) is 0 Å². The molecule has 45 heavy (non-hydrogen) atoms. The number of nitrogens with one attached hydrogen (secondary N) is 2. The number of nitrogen functional groups attached to an aromatic ring is 1. The van der Waals surface area contributed by atoms with E-state index < -0.39 is 10.9 Å². The Morgan fingerprint density at radius 3 is 2.09 bits per heavy atom. The molecule has 2 amide bonds. The van der Waals surface area contributed by atoms with Gasteiger partial charge < -0.3 is 41.2 Å². The van der Waals surface area contributed by atoms with E-state index in [9.17, 15) is 19.2 Å². The molecule has 0 unspecified atom stereocenters. The number of carbonyl (C=O) groups excluding carboxylic acids is 2. The van der Waals surface area contributed by atoms with Crippen molar-refractivity contribution in [2.75, 3.05) is 47.6 Å². The first kappa shape index (κ1) is 32.6. The molecule has 0 fully saturated rings. The van der Waals surface area contributed by atoms with Gasteiger partial charge in [0.15, 0.2) is 13.2 Å². The molecule has 0 aromatic heterocycles. The zero-order valence-electron chi connectivity index (χ0n) is 23.4. The van der Waals surface area contributed by atoms with Gasteiger partial charge in [-0.25, -0.2) is 0 Å². The summed E-state index contributed by atoms with van der Waals surface area (Å²) >= 11 is 5.72. The van der Waals surface area contributed by atoms with Crippen molar-refractivity contribution in [3.63, 3.8) is 0 Å². The van der Waals surface area contributed by atoms with Crippen LogP contribution in [-0.4, -0.2) is 38.2 Å². The summed E-state index contributed by atoms with van der Waals surface area (Å²) in [5.74, 6) is 1.60. The van der Waals surface area contributed by atoms with Gasteiger partial charge in [0.1, 0.15) is 35.2 Å². The van der Waals surface area contributed by atoms with Gasteiger partial charge >= 0.3 is 0 Å². The number of anilines is 5. The lowest BCUT2D eigenvalue weighted by Crippen LogP contribution is -2.43. The van der Waals surface area contributed by atoms with E-state index in [4.69, 9.17) is 42.5 Å². The van der Waals surface area contributed by atoms with Gasteiger partial charge in [-0.05, 0) is 54.1 Å². The topological polar surface area (TPSA) is 199 Å². The van der Waals surface area contributed by atoms with Crippen molar-refractivity contribution in [3.05, 3.63) is 91.2 Å². The largest absolute Gasteiger partial charge is 0.490 e. The van der Waals surface area contributed by atoms with E-state index in [1.54, 1.807) is 41.3 Å². The number of hydrogen-bond donors (Lipinski definition) is 4. The summed E-state index contributed by atoms with van der Waals surface area (Å²) < 4.78 is 15.8. The van der Waals surface area contributed by atoms with Crippen molar-refractivity contribution >= 4 is 64.3 Å². The predicted octanol–water partition coefficient (Wildman–Crippen LogP) is 2.84. The maximum Gasteiger partial charge on any atom is 0.262 e. The molecule has 0 spiro atoms. The highest BCUT2D eigenvalue weighted by Crippen LogP contribution is 2.38. The summed E-state index contributed by atoms with van der Waals surface area (Å²) in [6.45, 7) is 1.43. The molecule has 0 atom stereocenters. The minimum absolute atomic E-state index is 0. The van der Waals surface area contributed by atoms with Crippen LogP contribution in [0.15, 0.2) is 64.2 Å². The van der Waals surface area contributed by atoms with Crippen LogP contribution in [0.1, 0.15) is 11.1 Å². The standard InChI is InChI=1S/C13H13N3O3.C9H6N2O2.C8H6ClNO2.ClH/c14-6-7-1-2-9-8(5-7)16(3-4-19-9)11-10(15)12(17)13(11)18;10-4-6-1-2-8-7(3-6)11-9(12)5-13-8;9-5-1-2-7-6(3-5)10-8(11)4-12-7;/h1-2,5H,3-4,6,14-15H2;1-3H,5H2,(H,11,12);1-3H,4H2,(H,10,11);1H. The highest BCUT2D eigenvalue weighted by molar-refractivity contribution is 6.31. The van der Waals surface area contributed by atoms with Crippen LogP contribution in [0.2, 0.25) is 5.02 Å². The second kappa shape index (κ2) is 14.0. The lowest BCUT2D eigenvalue weighted by molar-refractivity contribution is -0.119. The number of amides is 2. The summed E-state index contributed by atoms with van der Waals surface area (Å²) in [7, 11) is 0. The van der Waals surface area contributed by atoms with Crippen molar-refractivity contribution in [1.82, 2.24) is 0 Å². The Bertz CT molecular complexity index is 1880. The van der Waals surface area contributed by atoms with Gasteiger partial charge in [-0.3, -0.25) is 19.2 Å². The Morgan fingerprint density at radius 1 is 0.844 bits per heavy atom. The number of carbonyl (C=O) groups is 2. The fraction of sp³-hybridized carbons (Fsp3) is 0.167. The number of halogens is 2. The first-order chi connectivity index (χ1) is 21.2. The quantitative estimate of drug-likeness (QED) is 0.232. The van der Waals surface area contributed by atoms with Gasteiger partial charge in [0.2, 0.25) is 0 Å². The molecule has 7 rings (SSSR count). The number of rotatable bonds is 2. The zero-order valence-corrected chi connectivity index (χ0v) is 25.0. The highest BCUT2D eigenvalue weighted by Gasteiger charge is 2.29. The number of nitriles is 1. The number of nitrogens with zero attached hydrogens (tertiary/aromatic N) is 2. The van der Waals surface area contributed by atoms with E-state index in [0.717, 1.165) is 11.3 Å². The highest BCUT2D eigenvalue weighted by atomic mass is 35.5. The molecule has 232 valence electrons. The van der Waals surface area contributed by atoms with Gasteiger partial charge in [-0.1, -0.05) is 17.7 Å². The third kappa shape index (κ3) is 7.10.